The van der Waals surface area contributed by atoms with E-state index in [1.54, 1.807) is 0 Å². The van der Waals surface area contributed by atoms with Gasteiger partial charge >= 0.3 is 0 Å². The quantitative estimate of drug-likeness (QED) is 0.394. The third kappa shape index (κ3) is 2.53. The predicted octanol–water partition coefficient (Wildman–Crippen LogP) is -0.286. The third-order valence-corrected chi connectivity index (χ3v) is 3.65. The number of carbonyl (C=O) groups excluding carboxylic acids is 1. The number of aliphatic hydroxyl groups excluding tert-OH is 2. The monoisotopic (exact) mass is 285 g/mol. The minimum absolute atomic E-state index is 0.0728. The van der Waals surface area contributed by atoms with Crippen molar-refractivity contribution in [3.8, 4) is 0 Å². The summed E-state index contributed by atoms with van der Waals surface area (Å²) in [6, 6.07) is -0.902. The van der Waals surface area contributed by atoms with Crippen molar-refractivity contribution in [2.24, 2.45) is 10.8 Å². The molecule has 1 fully saturated rings. The van der Waals surface area contributed by atoms with Gasteiger partial charge in [0.15, 0.2) is 0 Å². The summed E-state index contributed by atoms with van der Waals surface area (Å²) in [7, 11) is 0. The van der Waals surface area contributed by atoms with E-state index in [0.29, 0.717) is 5.01 Å². The zero-order chi connectivity index (χ0) is 14.0. The van der Waals surface area contributed by atoms with Crippen molar-refractivity contribution in [2.45, 2.75) is 24.4 Å². The van der Waals surface area contributed by atoms with E-state index in [1.807, 2.05) is 0 Å². The van der Waals surface area contributed by atoms with Crippen molar-refractivity contribution in [1.29, 1.82) is 0 Å². The van der Waals surface area contributed by atoms with Gasteiger partial charge in [-0.05, 0) is 5.53 Å². The summed E-state index contributed by atoms with van der Waals surface area (Å²) < 4.78 is 5.40. The number of rotatable bonds is 4. The Bertz CT molecular complexity index is 528. The number of nitrogens with zero attached hydrogens (tertiary/aromatic N) is 4. The molecule has 0 aliphatic carbocycles. The molecule has 1 aliphatic heterocycles. The summed E-state index contributed by atoms with van der Waals surface area (Å²) in [5.41, 5.74) is 13.6. The lowest BCUT2D eigenvalue weighted by Gasteiger charge is -2.11. The maximum absolute atomic E-state index is 11.0. The van der Waals surface area contributed by atoms with Crippen LogP contribution in [-0.4, -0.2) is 46.0 Å². The van der Waals surface area contributed by atoms with E-state index in [9.17, 15) is 9.90 Å². The Labute approximate surface area is 111 Å². The largest absolute Gasteiger partial charge is 0.394 e. The number of aromatic nitrogens is 1. The molecular formula is C9H11N5O4S. The lowest BCUT2D eigenvalue weighted by atomic mass is 10.1. The standard InChI is InChI=1S/C9H11N5O4S/c10-8(17)3-2-19-9(12-3)7-6(16)5(13-14-11)4(1-15)18-7/h2,4-7,15-16H,1H2,(H2,10,17)/t4-,5-,6-,7-/m1/s1. The van der Waals surface area contributed by atoms with E-state index in [1.165, 1.54) is 5.38 Å². The molecule has 10 heteroatoms. The summed E-state index contributed by atoms with van der Waals surface area (Å²) in [4.78, 5) is 17.5. The number of amides is 1. The Morgan fingerprint density at radius 1 is 1.74 bits per heavy atom. The summed E-state index contributed by atoms with van der Waals surface area (Å²) in [6.45, 7) is -0.398. The van der Waals surface area contributed by atoms with E-state index in [-0.39, 0.29) is 5.69 Å². The summed E-state index contributed by atoms with van der Waals surface area (Å²) in [5, 5.41) is 24.4. The first-order chi connectivity index (χ1) is 9.08. The topological polar surface area (TPSA) is 154 Å². The first-order valence-corrected chi connectivity index (χ1v) is 6.20. The molecule has 4 atom stereocenters. The van der Waals surface area contributed by atoms with Crippen LogP contribution in [0.5, 0.6) is 0 Å². The van der Waals surface area contributed by atoms with Gasteiger partial charge in [0.2, 0.25) is 0 Å². The molecule has 1 saturated heterocycles. The fourth-order valence-electron chi connectivity index (χ4n) is 1.84. The number of nitrogens with two attached hydrogens (primary N) is 1. The highest BCUT2D eigenvalue weighted by atomic mass is 32.1. The molecule has 0 saturated carbocycles. The smallest absolute Gasteiger partial charge is 0.268 e. The molecule has 0 spiro atoms. The van der Waals surface area contributed by atoms with Crippen molar-refractivity contribution in [2.75, 3.05) is 6.61 Å². The van der Waals surface area contributed by atoms with E-state index in [0.717, 1.165) is 11.3 Å². The van der Waals surface area contributed by atoms with Crippen molar-refractivity contribution < 1.29 is 19.7 Å². The highest BCUT2D eigenvalue weighted by molar-refractivity contribution is 7.09. The van der Waals surface area contributed by atoms with Crippen LogP contribution in [0.2, 0.25) is 0 Å². The van der Waals surface area contributed by atoms with Gasteiger partial charge in [-0.25, -0.2) is 4.98 Å². The Morgan fingerprint density at radius 3 is 3.00 bits per heavy atom. The van der Waals surface area contributed by atoms with Gasteiger partial charge in [-0.3, -0.25) is 4.79 Å². The van der Waals surface area contributed by atoms with Gasteiger partial charge in [-0.15, -0.1) is 11.3 Å². The van der Waals surface area contributed by atoms with Gasteiger partial charge in [0.05, 0.1) is 24.9 Å². The van der Waals surface area contributed by atoms with Crippen LogP contribution in [-0.2, 0) is 4.74 Å². The molecule has 102 valence electrons. The number of carbonyl (C=O) groups is 1. The second-order valence-corrected chi connectivity index (χ2v) is 4.79. The van der Waals surface area contributed by atoms with Crippen LogP contribution in [0.25, 0.3) is 10.4 Å². The number of azide groups is 1. The Morgan fingerprint density at radius 2 is 2.47 bits per heavy atom. The second-order valence-electron chi connectivity index (χ2n) is 3.90. The van der Waals surface area contributed by atoms with Gasteiger partial charge in [-0.1, -0.05) is 5.11 Å². The van der Waals surface area contributed by atoms with Crippen LogP contribution in [0.15, 0.2) is 10.5 Å². The highest BCUT2D eigenvalue weighted by Crippen LogP contribution is 2.36. The van der Waals surface area contributed by atoms with Crippen LogP contribution in [0.1, 0.15) is 21.6 Å². The average Bonchev–Trinajstić information content (AvgIpc) is 2.96. The van der Waals surface area contributed by atoms with Gasteiger partial charge in [0.1, 0.15) is 16.8 Å². The van der Waals surface area contributed by atoms with Gasteiger partial charge in [0, 0.05) is 10.3 Å². The van der Waals surface area contributed by atoms with E-state index < -0.39 is 36.9 Å². The number of primary amides is 1. The zero-order valence-electron chi connectivity index (χ0n) is 9.58. The fraction of sp³-hybridized carbons (Fsp3) is 0.556. The van der Waals surface area contributed by atoms with E-state index in [4.69, 9.17) is 21.1 Å². The SMILES string of the molecule is [N-]=[N+]=N[C@H]1[C@@H](O)[C@H](c2nc(C(N)=O)cs2)O[C@@H]1CO. The first kappa shape index (κ1) is 13.7. The second kappa shape index (κ2) is 5.51. The van der Waals surface area contributed by atoms with Crippen LogP contribution in [0.3, 0.4) is 0 Å². The predicted molar refractivity (Wildman–Crippen MR) is 64.3 cm³/mol. The minimum Gasteiger partial charge on any atom is -0.394 e. The average molecular weight is 285 g/mol. The van der Waals surface area contributed by atoms with Crippen LogP contribution < -0.4 is 5.73 Å². The lowest BCUT2D eigenvalue weighted by molar-refractivity contribution is -0.0114. The molecule has 2 rings (SSSR count). The molecule has 2 heterocycles. The van der Waals surface area contributed by atoms with E-state index >= 15 is 0 Å². The Kier molecular flexibility index (Phi) is 3.98. The molecule has 1 aromatic heterocycles. The number of hydrogen-bond acceptors (Lipinski definition) is 7. The minimum atomic E-state index is -1.14. The molecule has 1 amide bonds. The molecule has 9 nitrogen and oxygen atoms in total. The fourth-order valence-corrected chi connectivity index (χ4v) is 2.72. The highest BCUT2D eigenvalue weighted by Gasteiger charge is 2.45. The van der Waals surface area contributed by atoms with E-state index in [2.05, 4.69) is 15.0 Å². The molecule has 0 bridgehead atoms. The molecule has 0 unspecified atom stereocenters. The maximum Gasteiger partial charge on any atom is 0.268 e. The number of thiazole rings is 1. The summed E-state index contributed by atoms with van der Waals surface area (Å²) in [5.74, 6) is -0.680. The van der Waals surface area contributed by atoms with Gasteiger partial charge in [-0.2, -0.15) is 0 Å². The van der Waals surface area contributed by atoms with Crippen LogP contribution in [0.4, 0.5) is 0 Å². The number of aliphatic hydroxyl groups is 2. The normalized spacial score (nSPS) is 30.0. The molecule has 1 aliphatic rings. The van der Waals surface area contributed by atoms with Crippen LogP contribution >= 0.6 is 11.3 Å². The Hall–Kier alpha value is -1.71. The number of hydrogen-bond donors (Lipinski definition) is 3. The maximum atomic E-state index is 11.0. The Balaban J connectivity index is 2.25. The molecule has 1 aromatic rings. The summed E-state index contributed by atoms with van der Waals surface area (Å²) in [6.07, 6.45) is -2.80. The number of ether oxygens (including phenoxy) is 1. The molecule has 0 aromatic carbocycles. The van der Waals surface area contributed by atoms with Crippen molar-refractivity contribution >= 4 is 17.2 Å². The molecule has 4 N–H and O–H groups in total. The van der Waals surface area contributed by atoms with Crippen molar-refractivity contribution in [3.05, 3.63) is 26.5 Å². The lowest BCUT2D eigenvalue weighted by Crippen LogP contribution is -2.30. The van der Waals surface area contributed by atoms with Crippen LogP contribution in [0, 0.1) is 0 Å². The van der Waals surface area contributed by atoms with Gasteiger partial charge < -0.3 is 20.7 Å². The first-order valence-electron chi connectivity index (χ1n) is 5.32. The summed E-state index contributed by atoms with van der Waals surface area (Å²) >= 11 is 1.10. The molecule has 0 radical (unpaired) electrons. The van der Waals surface area contributed by atoms with Crippen molar-refractivity contribution in [1.82, 2.24) is 4.98 Å². The third-order valence-electron chi connectivity index (χ3n) is 2.75. The van der Waals surface area contributed by atoms with Crippen molar-refractivity contribution in [3.63, 3.8) is 0 Å². The molecular weight excluding hydrogens is 274 g/mol. The molecule has 19 heavy (non-hydrogen) atoms. The zero-order valence-corrected chi connectivity index (χ0v) is 10.4. The van der Waals surface area contributed by atoms with Gasteiger partial charge in [0.25, 0.3) is 5.91 Å².